The van der Waals surface area contributed by atoms with Gasteiger partial charge in [-0.15, -0.1) is 5.10 Å². The molecule has 0 fully saturated rings. The molecule has 5 heteroatoms. The summed E-state index contributed by atoms with van der Waals surface area (Å²) in [6.07, 6.45) is 5.09. The Kier molecular flexibility index (Phi) is 4.30. The van der Waals surface area contributed by atoms with Crippen molar-refractivity contribution in [1.29, 1.82) is 0 Å². The number of hydrogen-bond donors (Lipinski definition) is 2. The molecule has 1 aromatic heterocycles. The molecule has 1 rings (SSSR count). The zero-order valence-electron chi connectivity index (χ0n) is 7.03. The van der Waals surface area contributed by atoms with Crippen LogP contribution in [0, 0.1) is 0 Å². The Balaban J connectivity index is 1.96. The number of H-pyrrole nitrogens is 1. The van der Waals surface area contributed by atoms with E-state index in [1.165, 1.54) is 0 Å². The minimum Gasteiger partial charge on any atom is -0.396 e. The molecule has 5 nitrogen and oxygen atoms in total. The van der Waals surface area contributed by atoms with Gasteiger partial charge in [-0.05, 0) is 23.3 Å². The van der Waals surface area contributed by atoms with Gasteiger partial charge in [-0.25, -0.2) is 5.10 Å². The van der Waals surface area contributed by atoms with Crippen LogP contribution in [0.3, 0.4) is 0 Å². The molecular weight excluding hydrogens is 156 g/mol. The first-order chi connectivity index (χ1) is 5.93. The summed E-state index contributed by atoms with van der Waals surface area (Å²) in [7, 11) is 0. The zero-order chi connectivity index (χ0) is 8.65. The second-order valence-electron chi connectivity index (χ2n) is 2.74. The van der Waals surface area contributed by atoms with Crippen molar-refractivity contribution in [3.8, 4) is 0 Å². The van der Waals surface area contributed by atoms with Crippen LogP contribution in [0.5, 0.6) is 0 Å². The predicted molar refractivity (Wildman–Crippen MR) is 43.4 cm³/mol. The standard InChI is InChI=1S/C7H14N4O/c12-6-4-2-1-3-5-7-8-10-11-9-7/h12H,1-6H2,(H,8,9,10,11). The number of aromatic nitrogens is 4. The lowest BCUT2D eigenvalue weighted by Gasteiger charge is -1.95. The highest BCUT2D eigenvalue weighted by Crippen LogP contribution is 2.02. The van der Waals surface area contributed by atoms with E-state index >= 15 is 0 Å². The van der Waals surface area contributed by atoms with Crippen LogP contribution in [-0.2, 0) is 6.42 Å². The molecule has 0 aliphatic carbocycles. The summed E-state index contributed by atoms with van der Waals surface area (Å²) < 4.78 is 0. The van der Waals surface area contributed by atoms with E-state index in [0.29, 0.717) is 6.61 Å². The normalized spacial score (nSPS) is 10.4. The average Bonchev–Trinajstić information content (AvgIpc) is 2.57. The van der Waals surface area contributed by atoms with Gasteiger partial charge >= 0.3 is 0 Å². The zero-order valence-corrected chi connectivity index (χ0v) is 7.03. The highest BCUT2D eigenvalue weighted by atomic mass is 16.2. The van der Waals surface area contributed by atoms with Crippen LogP contribution in [0.1, 0.15) is 31.5 Å². The number of hydrogen-bond acceptors (Lipinski definition) is 4. The average molecular weight is 170 g/mol. The first-order valence-corrected chi connectivity index (χ1v) is 4.27. The van der Waals surface area contributed by atoms with E-state index in [4.69, 9.17) is 5.11 Å². The SMILES string of the molecule is OCCCCCCc1nnn[nH]1. The molecule has 0 aliphatic rings. The van der Waals surface area contributed by atoms with Crippen LogP contribution < -0.4 is 0 Å². The third-order valence-electron chi connectivity index (χ3n) is 1.71. The first kappa shape index (κ1) is 9.12. The molecule has 0 saturated heterocycles. The predicted octanol–water partition coefficient (Wildman–Crippen LogP) is 0.295. The molecule has 0 bridgehead atoms. The summed E-state index contributed by atoms with van der Waals surface area (Å²) in [5.74, 6) is 0.846. The van der Waals surface area contributed by atoms with Gasteiger partial charge in [-0.2, -0.15) is 0 Å². The quantitative estimate of drug-likeness (QED) is 0.602. The van der Waals surface area contributed by atoms with Crippen LogP contribution in [0.25, 0.3) is 0 Å². The van der Waals surface area contributed by atoms with Gasteiger partial charge in [-0.3, -0.25) is 0 Å². The fourth-order valence-corrected chi connectivity index (χ4v) is 1.04. The largest absolute Gasteiger partial charge is 0.396 e. The van der Waals surface area contributed by atoms with E-state index in [9.17, 15) is 0 Å². The lowest BCUT2D eigenvalue weighted by molar-refractivity contribution is 0.282. The van der Waals surface area contributed by atoms with Crippen LogP contribution in [0.2, 0.25) is 0 Å². The number of rotatable bonds is 6. The molecule has 2 N–H and O–H groups in total. The van der Waals surface area contributed by atoms with Gasteiger partial charge < -0.3 is 5.11 Å². The van der Waals surface area contributed by atoms with Gasteiger partial charge in [0, 0.05) is 13.0 Å². The Bertz CT molecular complexity index is 187. The highest BCUT2D eigenvalue weighted by molar-refractivity contribution is 4.74. The molecular formula is C7H14N4O. The molecule has 0 radical (unpaired) electrons. The lowest BCUT2D eigenvalue weighted by atomic mass is 10.1. The van der Waals surface area contributed by atoms with Gasteiger partial charge in [0.2, 0.25) is 0 Å². The Labute approximate surface area is 71.2 Å². The summed E-state index contributed by atoms with van der Waals surface area (Å²) in [6, 6.07) is 0. The molecule has 1 heterocycles. The number of unbranched alkanes of at least 4 members (excludes halogenated alkanes) is 3. The fraction of sp³-hybridized carbons (Fsp3) is 0.857. The molecule has 0 aliphatic heterocycles. The molecule has 68 valence electrons. The van der Waals surface area contributed by atoms with Crippen LogP contribution in [0.4, 0.5) is 0 Å². The Hall–Kier alpha value is -0.970. The van der Waals surface area contributed by atoms with Crippen molar-refractivity contribution < 1.29 is 5.11 Å². The molecule has 0 atom stereocenters. The monoisotopic (exact) mass is 170 g/mol. The molecule has 12 heavy (non-hydrogen) atoms. The number of aliphatic hydroxyl groups excluding tert-OH is 1. The van der Waals surface area contributed by atoms with Gasteiger partial charge in [0.05, 0.1) is 0 Å². The van der Waals surface area contributed by atoms with Crippen LogP contribution in [0.15, 0.2) is 0 Å². The van der Waals surface area contributed by atoms with Crippen molar-refractivity contribution in [2.45, 2.75) is 32.1 Å². The number of nitrogens with zero attached hydrogens (tertiary/aromatic N) is 3. The Morgan fingerprint density at radius 3 is 2.67 bits per heavy atom. The molecule has 0 spiro atoms. The van der Waals surface area contributed by atoms with Crippen LogP contribution in [-0.4, -0.2) is 32.3 Å². The third kappa shape index (κ3) is 3.43. The number of tetrazole rings is 1. The lowest BCUT2D eigenvalue weighted by Crippen LogP contribution is -1.90. The van der Waals surface area contributed by atoms with Gasteiger partial charge in [0.1, 0.15) is 5.82 Å². The van der Waals surface area contributed by atoms with E-state index in [1.807, 2.05) is 0 Å². The van der Waals surface area contributed by atoms with Crippen molar-refractivity contribution >= 4 is 0 Å². The maximum absolute atomic E-state index is 8.51. The van der Waals surface area contributed by atoms with Crippen molar-refractivity contribution in [3.05, 3.63) is 5.82 Å². The third-order valence-corrected chi connectivity index (χ3v) is 1.71. The number of aliphatic hydroxyl groups is 1. The van der Waals surface area contributed by atoms with E-state index in [2.05, 4.69) is 20.6 Å². The van der Waals surface area contributed by atoms with E-state index in [0.717, 1.165) is 37.9 Å². The molecule has 0 amide bonds. The molecule has 1 aromatic rings. The summed E-state index contributed by atoms with van der Waals surface area (Å²) in [6.45, 7) is 0.295. The number of aryl methyl sites for hydroxylation is 1. The van der Waals surface area contributed by atoms with Crippen molar-refractivity contribution in [2.24, 2.45) is 0 Å². The second kappa shape index (κ2) is 5.65. The maximum Gasteiger partial charge on any atom is 0.148 e. The number of aromatic amines is 1. The smallest absolute Gasteiger partial charge is 0.148 e. The Morgan fingerprint density at radius 2 is 2.00 bits per heavy atom. The fourth-order valence-electron chi connectivity index (χ4n) is 1.04. The second-order valence-corrected chi connectivity index (χ2v) is 2.74. The number of nitrogens with one attached hydrogen (secondary N) is 1. The van der Waals surface area contributed by atoms with E-state index in [-0.39, 0.29) is 0 Å². The summed E-state index contributed by atoms with van der Waals surface area (Å²) in [5, 5.41) is 21.9. The molecule has 0 saturated carbocycles. The van der Waals surface area contributed by atoms with Crippen LogP contribution >= 0.6 is 0 Å². The Morgan fingerprint density at radius 1 is 1.17 bits per heavy atom. The summed E-state index contributed by atoms with van der Waals surface area (Å²) in [5.41, 5.74) is 0. The maximum atomic E-state index is 8.51. The summed E-state index contributed by atoms with van der Waals surface area (Å²) in [4.78, 5) is 0. The van der Waals surface area contributed by atoms with Crippen molar-refractivity contribution in [2.75, 3.05) is 6.61 Å². The van der Waals surface area contributed by atoms with Gasteiger partial charge in [0.15, 0.2) is 0 Å². The minimum absolute atomic E-state index is 0.295. The summed E-state index contributed by atoms with van der Waals surface area (Å²) >= 11 is 0. The highest BCUT2D eigenvalue weighted by Gasteiger charge is 1.95. The van der Waals surface area contributed by atoms with Gasteiger partial charge in [0.25, 0.3) is 0 Å². The van der Waals surface area contributed by atoms with Crippen molar-refractivity contribution in [3.63, 3.8) is 0 Å². The first-order valence-electron chi connectivity index (χ1n) is 4.27. The minimum atomic E-state index is 0.295. The topological polar surface area (TPSA) is 74.7 Å². The van der Waals surface area contributed by atoms with Crippen molar-refractivity contribution in [1.82, 2.24) is 20.6 Å². The van der Waals surface area contributed by atoms with E-state index in [1.54, 1.807) is 0 Å². The molecule has 0 aromatic carbocycles. The van der Waals surface area contributed by atoms with Gasteiger partial charge in [-0.1, -0.05) is 12.8 Å². The van der Waals surface area contributed by atoms with E-state index < -0.39 is 0 Å². The molecule has 0 unspecified atom stereocenters.